The van der Waals surface area contributed by atoms with Gasteiger partial charge in [0.1, 0.15) is 0 Å². The molecule has 0 radical (unpaired) electrons. The van der Waals surface area contributed by atoms with Crippen molar-refractivity contribution in [2.24, 2.45) is 10.4 Å². The van der Waals surface area contributed by atoms with Gasteiger partial charge in [-0.2, -0.15) is 0 Å². The SMILES string of the molecule is C#CCNC(=NCC(OC)C(C)(C)C)NCC. The van der Waals surface area contributed by atoms with Gasteiger partial charge in [-0.25, -0.2) is 0 Å². The summed E-state index contributed by atoms with van der Waals surface area (Å²) in [5.41, 5.74) is 0.0711. The molecule has 0 amide bonds. The molecule has 0 rings (SSSR count). The second-order valence-corrected chi connectivity index (χ2v) is 4.87. The molecule has 0 aromatic carbocycles. The molecule has 2 N–H and O–H groups in total. The van der Waals surface area contributed by atoms with Gasteiger partial charge in [-0.15, -0.1) is 6.42 Å². The van der Waals surface area contributed by atoms with E-state index in [1.807, 2.05) is 6.92 Å². The number of hydrogen-bond donors (Lipinski definition) is 2. The van der Waals surface area contributed by atoms with Crippen LogP contribution in [0.1, 0.15) is 27.7 Å². The molecule has 0 aliphatic rings. The van der Waals surface area contributed by atoms with Gasteiger partial charge in [0.05, 0.1) is 19.2 Å². The van der Waals surface area contributed by atoms with Crippen molar-refractivity contribution in [3.05, 3.63) is 0 Å². The van der Waals surface area contributed by atoms with Crippen LogP contribution in [0, 0.1) is 17.8 Å². The summed E-state index contributed by atoms with van der Waals surface area (Å²) in [6.07, 6.45) is 5.29. The van der Waals surface area contributed by atoms with Gasteiger partial charge in [0.25, 0.3) is 0 Å². The maximum atomic E-state index is 5.44. The summed E-state index contributed by atoms with van der Waals surface area (Å²) in [6.45, 7) is 10.3. The molecule has 0 heterocycles. The number of ether oxygens (including phenoxy) is 1. The summed E-state index contributed by atoms with van der Waals surface area (Å²) in [7, 11) is 1.72. The third kappa shape index (κ3) is 6.85. The summed E-state index contributed by atoms with van der Waals surface area (Å²) in [6, 6.07) is 0. The van der Waals surface area contributed by atoms with Crippen molar-refractivity contribution >= 4 is 5.96 Å². The smallest absolute Gasteiger partial charge is 0.192 e. The maximum absolute atomic E-state index is 5.44. The number of nitrogens with zero attached hydrogens (tertiary/aromatic N) is 1. The highest BCUT2D eigenvalue weighted by molar-refractivity contribution is 5.79. The van der Waals surface area contributed by atoms with Crippen LogP contribution >= 0.6 is 0 Å². The van der Waals surface area contributed by atoms with E-state index in [-0.39, 0.29) is 11.5 Å². The van der Waals surface area contributed by atoms with Crippen molar-refractivity contribution in [3.8, 4) is 12.3 Å². The van der Waals surface area contributed by atoms with Gasteiger partial charge in [0, 0.05) is 13.7 Å². The number of hydrogen-bond acceptors (Lipinski definition) is 2. The van der Waals surface area contributed by atoms with E-state index in [0.29, 0.717) is 13.1 Å². The predicted molar refractivity (Wildman–Crippen MR) is 73.1 cm³/mol. The Bertz CT molecular complexity index is 273. The normalized spacial score (nSPS) is 14.0. The molecule has 1 unspecified atom stereocenters. The Morgan fingerprint density at radius 1 is 1.41 bits per heavy atom. The fraction of sp³-hybridized carbons (Fsp3) is 0.769. The van der Waals surface area contributed by atoms with Crippen LogP contribution in [0.3, 0.4) is 0 Å². The topological polar surface area (TPSA) is 45.7 Å². The number of nitrogens with one attached hydrogen (secondary N) is 2. The maximum Gasteiger partial charge on any atom is 0.192 e. The fourth-order valence-electron chi connectivity index (χ4n) is 1.35. The third-order valence-electron chi connectivity index (χ3n) is 2.37. The predicted octanol–water partition coefficient (Wildman–Crippen LogP) is 1.24. The lowest BCUT2D eigenvalue weighted by Gasteiger charge is -2.28. The van der Waals surface area contributed by atoms with Gasteiger partial charge < -0.3 is 15.4 Å². The van der Waals surface area contributed by atoms with Crippen molar-refractivity contribution < 1.29 is 4.74 Å². The molecule has 4 heteroatoms. The van der Waals surface area contributed by atoms with Crippen molar-refractivity contribution in [3.63, 3.8) is 0 Å². The van der Waals surface area contributed by atoms with E-state index >= 15 is 0 Å². The van der Waals surface area contributed by atoms with E-state index < -0.39 is 0 Å². The minimum Gasteiger partial charge on any atom is -0.379 e. The van der Waals surface area contributed by atoms with Crippen LogP contribution in [-0.4, -0.2) is 38.8 Å². The average molecular weight is 239 g/mol. The number of methoxy groups -OCH3 is 1. The monoisotopic (exact) mass is 239 g/mol. The molecule has 0 aromatic rings. The molecular formula is C13H25N3O. The molecule has 1 atom stereocenters. The molecule has 4 nitrogen and oxygen atoms in total. The molecular weight excluding hydrogens is 214 g/mol. The van der Waals surface area contributed by atoms with Gasteiger partial charge in [-0.3, -0.25) is 4.99 Å². The van der Waals surface area contributed by atoms with Crippen molar-refractivity contribution in [2.45, 2.75) is 33.8 Å². The Kier molecular flexibility index (Phi) is 7.40. The van der Waals surface area contributed by atoms with Gasteiger partial charge in [0.2, 0.25) is 0 Å². The molecule has 0 aromatic heterocycles. The first-order valence-corrected chi connectivity index (χ1v) is 5.94. The highest BCUT2D eigenvalue weighted by atomic mass is 16.5. The Morgan fingerprint density at radius 2 is 2.06 bits per heavy atom. The van der Waals surface area contributed by atoms with E-state index in [0.717, 1.165) is 12.5 Å². The highest BCUT2D eigenvalue weighted by Gasteiger charge is 2.23. The first kappa shape index (κ1) is 15.8. The summed E-state index contributed by atoms with van der Waals surface area (Å²) in [4.78, 5) is 4.46. The van der Waals surface area contributed by atoms with E-state index in [1.165, 1.54) is 0 Å². The lowest BCUT2D eigenvalue weighted by atomic mass is 9.89. The summed E-state index contributed by atoms with van der Waals surface area (Å²) in [5.74, 6) is 3.26. The van der Waals surface area contributed by atoms with Crippen LogP contribution in [0.25, 0.3) is 0 Å². The van der Waals surface area contributed by atoms with E-state index in [1.54, 1.807) is 7.11 Å². The number of terminal acetylenes is 1. The van der Waals surface area contributed by atoms with Crippen molar-refractivity contribution in [1.82, 2.24) is 10.6 Å². The Hall–Kier alpha value is -1.21. The Balaban J connectivity index is 4.44. The summed E-state index contributed by atoms with van der Waals surface area (Å²) in [5, 5.41) is 6.18. The molecule has 98 valence electrons. The van der Waals surface area contributed by atoms with Crippen LogP contribution in [0.5, 0.6) is 0 Å². The first-order valence-electron chi connectivity index (χ1n) is 5.94. The molecule has 0 saturated carbocycles. The molecule has 0 aliphatic heterocycles. The lowest BCUT2D eigenvalue weighted by Crippen LogP contribution is -2.39. The third-order valence-corrected chi connectivity index (χ3v) is 2.37. The second kappa shape index (κ2) is 7.97. The molecule has 0 spiro atoms. The van der Waals surface area contributed by atoms with Crippen LogP contribution < -0.4 is 10.6 Å². The van der Waals surface area contributed by atoms with Crippen molar-refractivity contribution in [1.29, 1.82) is 0 Å². The fourth-order valence-corrected chi connectivity index (χ4v) is 1.35. The molecule has 17 heavy (non-hydrogen) atoms. The van der Waals surface area contributed by atoms with Crippen LogP contribution in [0.2, 0.25) is 0 Å². The van der Waals surface area contributed by atoms with Crippen LogP contribution in [0.15, 0.2) is 4.99 Å². The van der Waals surface area contributed by atoms with E-state index in [4.69, 9.17) is 11.2 Å². The number of aliphatic imine (C=N–C) groups is 1. The highest BCUT2D eigenvalue weighted by Crippen LogP contribution is 2.21. The molecule has 0 fully saturated rings. The largest absolute Gasteiger partial charge is 0.379 e. The summed E-state index contributed by atoms with van der Waals surface area (Å²) >= 11 is 0. The van der Waals surface area contributed by atoms with Gasteiger partial charge in [-0.1, -0.05) is 26.7 Å². The minimum atomic E-state index is 0.0711. The first-order chi connectivity index (χ1) is 7.95. The van der Waals surface area contributed by atoms with Crippen LogP contribution in [-0.2, 0) is 4.74 Å². The minimum absolute atomic E-state index is 0.0711. The standard InChI is InChI=1S/C13H25N3O/c1-7-9-15-12(14-8-2)16-10-11(17-6)13(3,4)5/h1,11H,8-10H2,2-6H3,(H2,14,15,16). The average Bonchev–Trinajstić information content (AvgIpc) is 2.24. The Labute approximate surface area is 105 Å². The summed E-state index contributed by atoms with van der Waals surface area (Å²) < 4.78 is 5.44. The van der Waals surface area contributed by atoms with Gasteiger partial charge in [-0.05, 0) is 12.3 Å². The number of guanidine groups is 1. The van der Waals surface area contributed by atoms with E-state index in [9.17, 15) is 0 Å². The molecule has 0 bridgehead atoms. The van der Waals surface area contributed by atoms with Gasteiger partial charge in [0.15, 0.2) is 5.96 Å². The van der Waals surface area contributed by atoms with Crippen LogP contribution in [0.4, 0.5) is 0 Å². The van der Waals surface area contributed by atoms with E-state index in [2.05, 4.69) is 42.3 Å². The molecule has 0 aliphatic carbocycles. The number of rotatable bonds is 5. The Morgan fingerprint density at radius 3 is 2.47 bits per heavy atom. The zero-order chi connectivity index (χ0) is 13.3. The quantitative estimate of drug-likeness (QED) is 0.431. The zero-order valence-electron chi connectivity index (χ0n) is 11.6. The zero-order valence-corrected chi connectivity index (χ0v) is 11.6. The van der Waals surface area contributed by atoms with Gasteiger partial charge >= 0.3 is 0 Å². The second-order valence-electron chi connectivity index (χ2n) is 4.87. The van der Waals surface area contributed by atoms with Crippen molar-refractivity contribution in [2.75, 3.05) is 26.7 Å². The molecule has 0 saturated heterocycles. The lowest BCUT2D eigenvalue weighted by molar-refractivity contribution is 0.0241.